The lowest BCUT2D eigenvalue weighted by molar-refractivity contribution is -0.143. The fourth-order valence-corrected chi connectivity index (χ4v) is 1.94. The van der Waals surface area contributed by atoms with Crippen LogP contribution in [-0.2, 0) is 16.0 Å². The van der Waals surface area contributed by atoms with Gasteiger partial charge in [0.15, 0.2) is 5.96 Å². The Bertz CT molecular complexity index is 544. The number of carbonyl (C=O) groups excluding carboxylic acids is 1. The number of carbonyl (C=O) groups is 2. The van der Waals surface area contributed by atoms with Crippen molar-refractivity contribution in [2.75, 3.05) is 6.54 Å². The molecule has 1 amide bonds. The number of aliphatic hydroxyl groups is 1. The normalized spacial score (nSPS) is 12.9. The van der Waals surface area contributed by atoms with Crippen LogP contribution in [0, 0.1) is 0 Å². The summed E-state index contributed by atoms with van der Waals surface area (Å²) in [5.41, 5.74) is 11.1. The van der Waals surface area contributed by atoms with Gasteiger partial charge in [-0.15, -0.1) is 0 Å². The second-order valence-electron chi connectivity index (χ2n) is 5.05. The zero-order valence-electron chi connectivity index (χ0n) is 12.7. The van der Waals surface area contributed by atoms with Gasteiger partial charge in [0.05, 0.1) is 0 Å². The predicted octanol–water partition coefficient (Wildman–Crippen LogP) is -0.787. The highest BCUT2D eigenvalue weighted by Crippen LogP contribution is 2.05. The van der Waals surface area contributed by atoms with Crippen LogP contribution in [0.1, 0.15) is 18.4 Å². The van der Waals surface area contributed by atoms with Crippen LogP contribution in [0.15, 0.2) is 35.3 Å². The van der Waals surface area contributed by atoms with Gasteiger partial charge in [-0.25, -0.2) is 4.79 Å². The van der Waals surface area contributed by atoms with E-state index in [2.05, 4.69) is 10.3 Å². The van der Waals surface area contributed by atoms with Crippen LogP contribution < -0.4 is 16.8 Å². The standard InChI is InChI=1S/C15H22N4O4/c16-15(17)18-8-4-7-12(20)13(21)19-11(14(22)23)9-10-5-2-1-3-6-10/h1-3,5-6,11-12,20H,4,7-9H2,(H,19,21)(H,22,23)(H4,16,17,18). The van der Waals surface area contributed by atoms with Gasteiger partial charge >= 0.3 is 5.97 Å². The highest BCUT2D eigenvalue weighted by Gasteiger charge is 2.23. The Balaban J connectivity index is 2.50. The fourth-order valence-electron chi connectivity index (χ4n) is 1.94. The quantitative estimate of drug-likeness (QED) is 0.228. The van der Waals surface area contributed by atoms with Gasteiger partial charge in [0.2, 0.25) is 5.91 Å². The summed E-state index contributed by atoms with van der Waals surface area (Å²) in [6.07, 6.45) is -0.618. The SMILES string of the molecule is NC(N)=NCCCC(O)C(=O)NC(Cc1ccccc1)C(=O)O. The summed E-state index contributed by atoms with van der Waals surface area (Å²) in [5.74, 6) is -1.94. The molecule has 0 spiro atoms. The van der Waals surface area contributed by atoms with Crippen LogP contribution >= 0.6 is 0 Å². The van der Waals surface area contributed by atoms with Crippen molar-refractivity contribution in [1.29, 1.82) is 0 Å². The van der Waals surface area contributed by atoms with Gasteiger partial charge in [-0.3, -0.25) is 9.79 Å². The molecule has 8 heteroatoms. The van der Waals surface area contributed by atoms with Crippen LogP contribution in [0.2, 0.25) is 0 Å². The van der Waals surface area contributed by atoms with E-state index in [1.807, 2.05) is 6.07 Å². The Morgan fingerprint density at radius 2 is 1.87 bits per heavy atom. The molecule has 0 aromatic heterocycles. The van der Waals surface area contributed by atoms with Crippen molar-refractivity contribution >= 4 is 17.8 Å². The third kappa shape index (κ3) is 7.28. The predicted molar refractivity (Wildman–Crippen MR) is 85.6 cm³/mol. The van der Waals surface area contributed by atoms with Gasteiger partial charge in [-0.05, 0) is 18.4 Å². The van der Waals surface area contributed by atoms with E-state index in [0.717, 1.165) is 5.56 Å². The van der Waals surface area contributed by atoms with Crippen molar-refractivity contribution in [2.24, 2.45) is 16.5 Å². The number of hydrogen-bond donors (Lipinski definition) is 5. The Hall–Kier alpha value is -2.61. The number of guanidine groups is 1. The van der Waals surface area contributed by atoms with Gasteiger partial charge < -0.3 is 27.0 Å². The molecule has 0 saturated heterocycles. The number of carboxylic acid groups (broad SMARTS) is 1. The number of nitrogens with one attached hydrogen (secondary N) is 1. The zero-order chi connectivity index (χ0) is 17.2. The highest BCUT2D eigenvalue weighted by molar-refractivity contribution is 5.86. The molecule has 0 aliphatic carbocycles. The molecular formula is C15H22N4O4. The van der Waals surface area contributed by atoms with E-state index in [9.17, 15) is 19.8 Å². The van der Waals surface area contributed by atoms with E-state index in [1.165, 1.54) is 0 Å². The average molecular weight is 322 g/mol. The molecule has 7 N–H and O–H groups in total. The topological polar surface area (TPSA) is 151 Å². The van der Waals surface area contributed by atoms with Crippen molar-refractivity contribution in [3.05, 3.63) is 35.9 Å². The molecule has 0 aliphatic rings. The number of nitrogens with two attached hydrogens (primary N) is 2. The molecule has 1 aromatic rings. The molecular weight excluding hydrogens is 300 g/mol. The van der Waals surface area contributed by atoms with E-state index in [-0.39, 0.29) is 18.8 Å². The number of carboxylic acids is 1. The molecule has 0 aliphatic heterocycles. The van der Waals surface area contributed by atoms with Crippen molar-refractivity contribution in [3.63, 3.8) is 0 Å². The Kier molecular flexibility index (Phi) is 7.55. The molecule has 0 heterocycles. The Morgan fingerprint density at radius 3 is 2.43 bits per heavy atom. The third-order valence-corrected chi connectivity index (χ3v) is 3.13. The van der Waals surface area contributed by atoms with E-state index in [1.54, 1.807) is 24.3 Å². The Morgan fingerprint density at radius 1 is 1.22 bits per heavy atom. The minimum atomic E-state index is -1.30. The average Bonchev–Trinajstić information content (AvgIpc) is 2.51. The van der Waals surface area contributed by atoms with Gasteiger partial charge in [-0.2, -0.15) is 0 Å². The van der Waals surface area contributed by atoms with E-state index in [0.29, 0.717) is 13.0 Å². The molecule has 1 rings (SSSR count). The number of aliphatic hydroxyl groups excluding tert-OH is 1. The van der Waals surface area contributed by atoms with Crippen molar-refractivity contribution in [1.82, 2.24) is 5.32 Å². The summed E-state index contributed by atoms with van der Waals surface area (Å²) in [5, 5.41) is 21.3. The lowest BCUT2D eigenvalue weighted by atomic mass is 10.1. The monoisotopic (exact) mass is 322 g/mol. The van der Waals surface area contributed by atoms with Crippen molar-refractivity contribution in [3.8, 4) is 0 Å². The van der Waals surface area contributed by atoms with Gasteiger partial charge in [0, 0.05) is 13.0 Å². The largest absolute Gasteiger partial charge is 0.480 e. The smallest absolute Gasteiger partial charge is 0.326 e. The molecule has 2 unspecified atom stereocenters. The van der Waals surface area contributed by atoms with E-state index < -0.39 is 24.0 Å². The zero-order valence-corrected chi connectivity index (χ0v) is 12.7. The first kappa shape index (κ1) is 18.4. The van der Waals surface area contributed by atoms with Crippen LogP contribution in [-0.4, -0.2) is 46.7 Å². The number of aliphatic imine (C=N–C) groups is 1. The molecule has 8 nitrogen and oxygen atoms in total. The third-order valence-electron chi connectivity index (χ3n) is 3.13. The summed E-state index contributed by atoms with van der Waals surface area (Å²) in [6, 6.07) is 7.83. The number of nitrogens with zero attached hydrogens (tertiary/aromatic N) is 1. The summed E-state index contributed by atoms with van der Waals surface area (Å²) in [7, 11) is 0. The Labute approximate surface area is 134 Å². The minimum absolute atomic E-state index is 0.0576. The molecule has 0 saturated carbocycles. The summed E-state index contributed by atoms with van der Waals surface area (Å²) in [6.45, 7) is 0.291. The molecule has 2 atom stereocenters. The molecule has 0 fully saturated rings. The maximum absolute atomic E-state index is 11.9. The number of benzene rings is 1. The number of amides is 1. The second kappa shape index (κ2) is 9.42. The molecule has 23 heavy (non-hydrogen) atoms. The van der Waals surface area contributed by atoms with Crippen LogP contribution in [0.5, 0.6) is 0 Å². The number of rotatable bonds is 9. The number of aliphatic carboxylic acids is 1. The van der Waals surface area contributed by atoms with Crippen LogP contribution in [0.25, 0.3) is 0 Å². The van der Waals surface area contributed by atoms with E-state index >= 15 is 0 Å². The lowest BCUT2D eigenvalue weighted by Crippen LogP contribution is -2.46. The van der Waals surface area contributed by atoms with Gasteiger partial charge in [-0.1, -0.05) is 30.3 Å². The summed E-state index contributed by atoms with van der Waals surface area (Å²) >= 11 is 0. The first-order chi connectivity index (χ1) is 10.9. The highest BCUT2D eigenvalue weighted by atomic mass is 16.4. The maximum atomic E-state index is 11.9. The molecule has 0 radical (unpaired) electrons. The molecule has 0 bridgehead atoms. The number of hydrogen-bond acceptors (Lipinski definition) is 4. The summed E-state index contributed by atoms with van der Waals surface area (Å²) in [4.78, 5) is 26.9. The molecule has 126 valence electrons. The maximum Gasteiger partial charge on any atom is 0.326 e. The van der Waals surface area contributed by atoms with Crippen LogP contribution in [0.4, 0.5) is 0 Å². The van der Waals surface area contributed by atoms with Crippen molar-refractivity contribution < 1.29 is 19.8 Å². The first-order valence-electron chi connectivity index (χ1n) is 7.20. The second-order valence-corrected chi connectivity index (χ2v) is 5.05. The molecule has 1 aromatic carbocycles. The fraction of sp³-hybridized carbons (Fsp3) is 0.400. The van der Waals surface area contributed by atoms with Gasteiger partial charge in [0.1, 0.15) is 12.1 Å². The van der Waals surface area contributed by atoms with Crippen LogP contribution in [0.3, 0.4) is 0 Å². The van der Waals surface area contributed by atoms with E-state index in [4.69, 9.17) is 11.5 Å². The minimum Gasteiger partial charge on any atom is -0.480 e. The lowest BCUT2D eigenvalue weighted by Gasteiger charge is -2.17. The summed E-state index contributed by atoms with van der Waals surface area (Å²) < 4.78 is 0. The van der Waals surface area contributed by atoms with Crippen molar-refractivity contribution in [2.45, 2.75) is 31.4 Å². The first-order valence-corrected chi connectivity index (χ1v) is 7.20. The van der Waals surface area contributed by atoms with Gasteiger partial charge in [0.25, 0.3) is 0 Å².